The molecule has 3 rings (SSSR count). The number of nitrogens with zero attached hydrogens (tertiary/aromatic N) is 2. The Kier molecular flexibility index (Phi) is 3.62. The Hall–Kier alpha value is -2.34. The van der Waals surface area contributed by atoms with Crippen molar-refractivity contribution in [3.8, 4) is 28.1 Å². The molecule has 0 atom stereocenters. The second-order valence-electron chi connectivity index (χ2n) is 4.36. The summed E-state index contributed by atoms with van der Waals surface area (Å²) in [7, 11) is 1.62. The Morgan fingerprint density at radius 2 is 2.10 bits per heavy atom. The minimum atomic E-state index is 0.268. The SMILES string of the molecule is COc1ccc(-c2noc(N)c2-c2cccnc2)cc1Br. The first-order valence-electron chi connectivity index (χ1n) is 6.20. The standard InChI is InChI=1S/C15H12BrN3O2/c1-20-12-5-4-9(7-11(12)16)14-13(15(17)21-19-14)10-3-2-6-18-8-10/h2-8H,17H2,1H3. The van der Waals surface area contributed by atoms with E-state index in [-0.39, 0.29) is 5.88 Å². The van der Waals surface area contributed by atoms with Gasteiger partial charge in [0.2, 0.25) is 5.88 Å². The lowest BCUT2D eigenvalue weighted by Crippen LogP contribution is -1.89. The van der Waals surface area contributed by atoms with E-state index in [0.717, 1.165) is 26.9 Å². The van der Waals surface area contributed by atoms with Crippen LogP contribution in [0.4, 0.5) is 5.88 Å². The summed E-state index contributed by atoms with van der Waals surface area (Å²) < 4.78 is 11.2. The van der Waals surface area contributed by atoms with E-state index in [0.29, 0.717) is 5.69 Å². The summed E-state index contributed by atoms with van der Waals surface area (Å²) in [5, 5.41) is 4.07. The van der Waals surface area contributed by atoms with E-state index >= 15 is 0 Å². The van der Waals surface area contributed by atoms with Gasteiger partial charge in [0.05, 0.1) is 17.1 Å². The Morgan fingerprint density at radius 3 is 2.76 bits per heavy atom. The number of rotatable bonds is 3. The van der Waals surface area contributed by atoms with Gasteiger partial charge in [0.1, 0.15) is 11.4 Å². The Balaban J connectivity index is 2.14. The predicted molar refractivity (Wildman–Crippen MR) is 83.8 cm³/mol. The molecule has 0 aliphatic heterocycles. The highest BCUT2D eigenvalue weighted by atomic mass is 79.9. The lowest BCUT2D eigenvalue weighted by Gasteiger charge is -2.06. The summed E-state index contributed by atoms with van der Waals surface area (Å²) in [6.45, 7) is 0. The van der Waals surface area contributed by atoms with Crippen molar-refractivity contribution in [2.24, 2.45) is 0 Å². The first kappa shape index (κ1) is 13.6. The molecule has 6 heteroatoms. The molecule has 2 N–H and O–H groups in total. The number of nitrogen functional groups attached to an aromatic ring is 1. The number of hydrogen-bond donors (Lipinski definition) is 1. The fourth-order valence-corrected chi connectivity index (χ4v) is 2.64. The number of aromatic nitrogens is 2. The number of anilines is 1. The van der Waals surface area contributed by atoms with Crippen molar-refractivity contribution in [1.82, 2.24) is 10.1 Å². The van der Waals surface area contributed by atoms with Crippen LogP contribution in [0.2, 0.25) is 0 Å². The molecule has 0 aliphatic rings. The number of ether oxygens (including phenoxy) is 1. The number of nitrogens with two attached hydrogens (primary N) is 1. The van der Waals surface area contributed by atoms with E-state index in [1.165, 1.54) is 0 Å². The van der Waals surface area contributed by atoms with Gasteiger partial charge in [0.15, 0.2) is 0 Å². The molecule has 0 amide bonds. The van der Waals surface area contributed by atoms with Crippen LogP contribution in [0.3, 0.4) is 0 Å². The Labute approximate surface area is 129 Å². The summed E-state index contributed by atoms with van der Waals surface area (Å²) in [5.41, 5.74) is 9.05. The first-order valence-corrected chi connectivity index (χ1v) is 6.99. The van der Waals surface area contributed by atoms with Crippen molar-refractivity contribution in [1.29, 1.82) is 0 Å². The summed E-state index contributed by atoms with van der Waals surface area (Å²) in [6.07, 6.45) is 3.43. The molecule has 0 fully saturated rings. The molecule has 0 aliphatic carbocycles. The van der Waals surface area contributed by atoms with Gasteiger partial charge >= 0.3 is 0 Å². The van der Waals surface area contributed by atoms with Gasteiger partial charge in [-0.2, -0.15) is 0 Å². The van der Waals surface area contributed by atoms with E-state index in [2.05, 4.69) is 26.1 Å². The number of hydrogen-bond acceptors (Lipinski definition) is 5. The normalized spacial score (nSPS) is 10.6. The van der Waals surface area contributed by atoms with E-state index < -0.39 is 0 Å². The molecule has 21 heavy (non-hydrogen) atoms. The molecule has 3 aromatic rings. The van der Waals surface area contributed by atoms with Crippen molar-refractivity contribution < 1.29 is 9.26 Å². The molecule has 2 aromatic heterocycles. The third kappa shape index (κ3) is 2.50. The molecule has 0 radical (unpaired) electrons. The number of pyridine rings is 1. The maximum atomic E-state index is 5.91. The molecular formula is C15H12BrN3O2. The fraction of sp³-hybridized carbons (Fsp3) is 0.0667. The minimum Gasteiger partial charge on any atom is -0.496 e. The summed E-state index contributed by atoms with van der Waals surface area (Å²) in [6, 6.07) is 9.43. The van der Waals surface area contributed by atoms with Gasteiger partial charge in [-0.25, -0.2) is 0 Å². The smallest absolute Gasteiger partial charge is 0.230 e. The average Bonchev–Trinajstić information content (AvgIpc) is 2.90. The summed E-state index contributed by atoms with van der Waals surface area (Å²) in [4.78, 5) is 4.11. The number of methoxy groups -OCH3 is 1. The van der Waals surface area contributed by atoms with Crippen molar-refractivity contribution >= 4 is 21.8 Å². The molecule has 0 saturated carbocycles. The highest BCUT2D eigenvalue weighted by molar-refractivity contribution is 9.10. The van der Waals surface area contributed by atoms with Crippen LogP contribution in [0.1, 0.15) is 0 Å². The minimum absolute atomic E-state index is 0.268. The van der Waals surface area contributed by atoms with Gasteiger partial charge in [-0.05, 0) is 40.2 Å². The van der Waals surface area contributed by atoms with Crippen LogP contribution in [-0.2, 0) is 0 Å². The van der Waals surface area contributed by atoms with E-state index in [1.54, 1.807) is 19.5 Å². The largest absolute Gasteiger partial charge is 0.496 e. The molecule has 0 spiro atoms. The zero-order chi connectivity index (χ0) is 14.8. The first-order chi connectivity index (χ1) is 10.2. The van der Waals surface area contributed by atoms with Crippen LogP contribution in [0.25, 0.3) is 22.4 Å². The van der Waals surface area contributed by atoms with Crippen LogP contribution in [-0.4, -0.2) is 17.3 Å². The fourth-order valence-electron chi connectivity index (χ4n) is 2.10. The van der Waals surface area contributed by atoms with E-state index in [4.69, 9.17) is 15.0 Å². The van der Waals surface area contributed by atoms with Crippen LogP contribution in [0, 0.1) is 0 Å². The Bertz CT molecular complexity index is 772. The van der Waals surface area contributed by atoms with E-state index in [1.807, 2.05) is 30.3 Å². The van der Waals surface area contributed by atoms with Crippen molar-refractivity contribution in [2.75, 3.05) is 12.8 Å². The van der Waals surface area contributed by atoms with Gasteiger partial charge in [-0.3, -0.25) is 4.98 Å². The molecule has 106 valence electrons. The highest BCUT2D eigenvalue weighted by Crippen LogP contribution is 2.38. The third-order valence-electron chi connectivity index (χ3n) is 3.09. The molecule has 0 bridgehead atoms. The monoisotopic (exact) mass is 345 g/mol. The zero-order valence-electron chi connectivity index (χ0n) is 11.2. The van der Waals surface area contributed by atoms with Crippen molar-refractivity contribution in [2.45, 2.75) is 0 Å². The molecule has 2 heterocycles. The number of halogens is 1. The molecule has 0 saturated heterocycles. The second-order valence-corrected chi connectivity index (χ2v) is 5.22. The van der Waals surface area contributed by atoms with Crippen LogP contribution in [0.15, 0.2) is 51.7 Å². The predicted octanol–water partition coefficient (Wildman–Crippen LogP) is 3.76. The zero-order valence-corrected chi connectivity index (χ0v) is 12.8. The third-order valence-corrected chi connectivity index (χ3v) is 3.71. The molecule has 1 aromatic carbocycles. The maximum absolute atomic E-state index is 5.91. The van der Waals surface area contributed by atoms with Crippen LogP contribution in [0.5, 0.6) is 5.75 Å². The van der Waals surface area contributed by atoms with Gasteiger partial charge in [0.25, 0.3) is 0 Å². The molecule has 5 nitrogen and oxygen atoms in total. The topological polar surface area (TPSA) is 74.2 Å². The Morgan fingerprint density at radius 1 is 1.24 bits per heavy atom. The maximum Gasteiger partial charge on any atom is 0.230 e. The average molecular weight is 346 g/mol. The van der Waals surface area contributed by atoms with Crippen LogP contribution >= 0.6 is 15.9 Å². The lowest BCUT2D eigenvalue weighted by molar-refractivity contribution is 0.412. The highest BCUT2D eigenvalue weighted by Gasteiger charge is 2.18. The second kappa shape index (κ2) is 5.57. The molecule has 0 unspecified atom stereocenters. The van der Waals surface area contributed by atoms with Gasteiger partial charge in [-0.1, -0.05) is 11.2 Å². The van der Waals surface area contributed by atoms with Crippen LogP contribution < -0.4 is 10.5 Å². The van der Waals surface area contributed by atoms with E-state index in [9.17, 15) is 0 Å². The van der Waals surface area contributed by atoms with Crippen molar-refractivity contribution in [3.63, 3.8) is 0 Å². The van der Waals surface area contributed by atoms with Gasteiger partial charge in [0, 0.05) is 23.5 Å². The van der Waals surface area contributed by atoms with Gasteiger partial charge in [-0.15, -0.1) is 0 Å². The van der Waals surface area contributed by atoms with Crippen molar-refractivity contribution in [3.05, 3.63) is 47.2 Å². The lowest BCUT2D eigenvalue weighted by atomic mass is 10.0. The summed E-state index contributed by atoms with van der Waals surface area (Å²) >= 11 is 3.47. The number of benzene rings is 1. The van der Waals surface area contributed by atoms with Gasteiger partial charge < -0.3 is 15.0 Å². The summed E-state index contributed by atoms with van der Waals surface area (Å²) in [5.74, 6) is 1.02. The molecular weight excluding hydrogens is 334 g/mol. The quantitative estimate of drug-likeness (QED) is 0.782.